The van der Waals surface area contributed by atoms with E-state index in [9.17, 15) is 4.39 Å². The van der Waals surface area contributed by atoms with Gasteiger partial charge in [0.15, 0.2) is 0 Å². The van der Waals surface area contributed by atoms with Gasteiger partial charge >= 0.3 is 0 Å². The third-order valence-corrected chi connectivity index (χ3v) is 2.52. The Hall–Kier alpha value is -1.35. The van der Waals surface area contributed by atoms with Crippen LogP contribution >= 0.6 is 0 Å². The Morgan fingerprint density at radius 3 is 2.73 bits per heavy atom. The molecule has 3 heteroatoms. The van der Waals surface area contributed by atoms with Crippen LogP contribution in [0, 0.1) is 5.82 Å². The first-order valence-corrected chi connectivity index (χ1v) is 4.96. The van der Waals surface area contributed by atoms with Gasteiger partial charge in [-0.25, -0.2) is 4.39 Å². The molecule has 0 radical (unpaired) electrons. The topological polar surface area (TPSA) is 8.17 Å². The van der Waals surface area contributed by atoms with Gasteiger partial charge in [0, 0.05) is 25.2 Å². The summed E-state index contributed by atoms with van der Waals surface area (Å²) in [6, 6.07) is 5.23. The highest BCUT2D eigenvalue weighted by molar-refractivity contribution is 5.84. The zero-order valence-electron chi connectivity index (χ0n) is 9.29. The maximum absolute atomic E-state index is 13.6. The van der Waals surface area contributed by atoms with Crippen LogP contribution in [0.3, 0.4) is 0 Å². The monoisotopic (exact) mass is 206 g/mol. The molecule has 0 saturated carbocycles. The summed E-state index contributed by atoms with van der Waals surface area (Å²) in [5, 5.41) is 1.01. The van der Waals surface area contributed by atoms with Crippen molar-refractivity contribution >= 4 is 10.9 Å². The van der Waals surface area contributed by atoms with Crippen molar-refractivity contribution in [3.05, 3.63) is 35.8 Å². The van der Waals surface area contributed by atoms with Crippen LogP contribution in [0.5, 0.6) is 0 Å². The summed E-state index contributed by atoms with van der Waals surface area (Å²) in [5.41, 5.74) is 1.85. The van der Waals surface area contributed by atoms with E-state index in [1.54, 1.807) is 6.07 Å². The Bertz CT molecular complexity index is 486. The minimum absolute atomic E-state index is 0.153. The van der Waals surface area contributed by atoms with Crippen LogP contribution in [0.1, 0.15) is 5.56 Å². The molecule has 0 aliphatic rings. The van der Waals surface area contributed by atoms with Crippen LogP contribution in [0.25, 0.3) is 10.9 Å². The number of aryl methyl sites for hydroxylation is 1. The number of hydrogen-bond donors (Lipinski definition) is 0. The molecule has 0 aliphatic heterocycles. The van der Waals surface area contributed by atoms with Crippen LogP contribution in [0.4, 0.5) is 4.39 Å². The zero-order valence-corrected chi connectivity index (χ0v) is 9.29. The number of halogens is 1. The van der Waals surface area contributed by atoms with Gasteiger partial charge in [0.2, 0.25) is 0 Å². The molecule has 1 aromatic heterocycles. The van der Waals surface area contributed by atoms with Crippen molar-refractivity contribution in [3.63, 3.8) is 0 Å². The largest absolute Gasteiger partial charge is 0.348 e. The lowest BCUT2D eigenvalue weighted by Crippen LogP contribution is -2.10. The summed E-state index contributed by atoms with van der Waals surface area (Å²) in [6.07, 6.45) is 1.99. The van der Waals surface area contributed by atoms with Gasteiger partial charge in [0.1, 0.15) is 5.82 Å². The lowest BCUT2D eigenvalue weighted by molar-refractivity contribution is 0.404. The molecule has 2 rings (SSSR count). The minimum Gasteiger partial charge on any atom is -0.348 e. The average molecular weight is 206 g/mol. The third kappa shape index (κ3) is 1.75. The van der Waals surface area contributed by atoms with E-state index in [1.807, 2.05) is 38.0 Å². The fourth-order valence-electron chi connectivity index (χ4n) is 1.97. The van der Waals surface area contributed by atoms with Crippen LogP contribution in [0.2, 0.25) is 0 Å². The molecule has 0 aliphatic carbocycles. The van der Waals surface area contributed by atoms with E-state index in [-0.39, 0.29) is 5.82 Å². The van der Waals surface area contributed by atoms with Gasteiger partial charge in [0.25, 0.3) is 0 Å². The molecule has 0 saturated heterocycles. The van der Waals surface area contributed by atoms with E-state index in [2.05, 4.69) is 4.90 Å². The Labute approximate surface area is 88.9 Å². The summed E-state index contributed by atoms with van der Waals surface area (Å²) in [6.45, 7) is 0.834. The lowest BCUT2D eigenvalue weighted by atomic mass is 10.1. The molecule has 0 N–H and O–H groups in total. The first kappa shape index (κ1) is 10.2. The molecule has 80 valence electrons. The maximum Gasteiger partial charge on any atom is 0.147 e. The van der Waals surface area contributed by atoms with Crippen molar-refractivity contribution in [1.82, 2.24) is 9.47 Å². The first-order chi connectivity index (χ1) is 7.09. The number of fused-ring (bicyclic) bond motifs is 1. The fourth-order valence-corrected chi connectivity index (χ4v) is 1.97. The molecule has 2 nitrogen and oxygen atoms in total. The Balaban J connectivity index is 2.63. The van der Waals surface area contributed by atoms with Crippen molar-refractivity contribution < 1.29 is 4.39 Å². The van der Waals surface area contributed by atoms with E-state index in [4.69, 9.17) is 0 Å². The summed E-state index contributed by atoms with van der Waals surface area (Å²) in [7, 11) is 5.90. The van der Waals surface area contributed by atoms with E-state index in [1.165, 1.54) is 6.07 Å². The Morgan fingerprint density at radius 1 is 1.33 bits per heavy atom. The molecule has 1 heterocycles. The van der Waals surface area contributed by atoms with Gasteiger partial charge < -0.3 is 9.47 Å². The zero-order chi connectivity index (χ0) is 11.0. The Morgan fingerprint density at radius 2 is 2.07 bits per heavy atom. The predicted octanol–water partition coefficient (Wildman–Crippen LogP) is 2.38. The van der Waals surface area contributed by atoms with E-state index in [0.29, 0.717) is 5.52 Å². The summed E-state index contributed by atoms with van der Waals surface area (Å²) >= 11 is 0. The summed E-state index contributed by atoms with van der Waals surface area (Å²) < 4.78 is 15.4. The van der Waals surface area contributed by atoms with Crippen LogP contribution in [-0.4, -0.2) is 23.6 Å². The molecule has 0 unspecified atom stereocenters. The highest BCUT2D eigenvalue weighted by atomic mass is 19.1. The molecule has 1 aromatic carbocycles. The third-order valence-electron chi connectivity index (χ3n) is 2.52. The van der Waals surface area contributed by atoms with Gasteiger partial charge in [0.05, 0.1) is 5.52 Å². The number of hydrogen-bond acceptors (Lipinski definition) is 1. The molecular formula is C12H15FN2. The number of aromatic nitrogens is 1. The fraction of sp³-hybridized carbons (Fsp3) is 0.333. The van der Waals surface area contributed by atoms with Crippen molar-refractivity contribution in [3.8, 4) is 0 Å². The van der Waals surface area contributed by atoms with E-state index in [0.717, 1.165) is 17.5 Å². The van der Waals surface area contributed by atoms with Crippen molar-refractivity contribution in [2.24, 2.45) is 7.05 Å². The molecule has 0 fully saturated rings. The molecule has 0 bridgehead atoms. The van der Waals surface area contributed by atoms with Crippen molar-refractivity contribution in [1.29, 1.82) is 0 Å². The predicted molar refractivity (Wildman–Crippen MR) is 60.3 cm³/mol. The maximum atomic E-state index is 13.6. The van der Waals surface area contributed by atoms with Gasteiger partial charge in [-0.2, -0.15) is 0 Å². The highest BCUT2D eigenvalue weighted by Crippen LogP contribution is 2.23. The number of nitrogens with zero attached hydrogens (tertiary/aromatic N) is 2. The second kappa shape index (κ2) is 3.66. The summed E-state index contributed by atoms with van der Waals surface area (Å²) in [5.74, 6) is -0.153. The molecule has 2 aromatic rings. The lowest BCUT2D eigenvalue weighted by Gasteiger charge is -2.07. The number of para-hydroxylation sites is 1. The average Bonchev–Trinajstić information content (AvgIpc) is 2.44. The van der Waals surface area contributed by atoms with Gasteiger partial charge in [-0.15, -0.1) is 0 Å². The van der Waals surface area contributed by atoms with Crippen molar-refractivity contribution in [2.45, 2.75) is 6.54 Å². The smallest absolute Gasteiger partial charge is 0.147 e. The van der Waals surface area contributed by atoms with Gasteiger partial charge in [-0.1, -0.05) is 12.1 Å². The quantitative estimate of drug-likeness (QED) is 0.732. The molecular weight excluding hydrogens is 191 g/mol. The highest BCUT2D eigenvalue weighted by Gasteiger charge is 2.10. The molecule has 0 amide bonds. The minimum atomic E-state index is -0.153. The van der Waals surface area contributed by atoms with Crippen LogP contribution < -0.4 is 0 Å². The normalized spacial score (nSPS) is 11.5. The SMILES string of the molecule is CN(C)Cc1cn(C)c2c(F)cccc12. The standard InChI is InChI=1S/C12H15FN2/c1-14(2)7-9-8-15(3)12-10(9)5-4-6-11(12)13/h4-6,8H,7H2,1-3H3. The van der Waals surface area contributed by atoms with E-state index >= 15 is 0 Å². The molecule has 0 spiro atoms. The second-order valence-electron chi connectivity index (χ2n) is 4.14. The van der Waals surface area contributed by atoms with Crippen LogP contribution in [-0.2, 0) is 13.6 Å². The summed E-state index contributed by atoms with van der Waals surface area (Å²) in [4.78, 5) is 2.08. The van der Waals surface area contributed by atoms with E-state index < -0.39 is 0 Å². The number of benzene rings is 1. The number of rotatable bonds is 2. The second-order valence-corrected chi connectivity index (χ2v) is 4.14. The molecule has 15 heavy (non-hydrogen) atoms. The van der Waals surface area contributed by atoms with Crippen molar-refractivity contribution in [2.75, 3.05) is 14.1 Å². The Kier molecular flexibility index (Phi) is 2.49. The van der Waals surface area contributed by atoms with Crippen LogP contribution in [0.15, 0.2) is 24.4 Å². The molecule has 0 atom stereocenters. The van der Waals surface area contributed by atoms with Gasteiger partial charge in [-0.05, 0) is 25.7 Å². The first-order valence-electron chi connectivity index (χ1n) is 4.96. The van der Waals surface area contributed by atoms with Gasteiger partial charge in [-0.3, -0.25) is 0 Å².